The molecule has 0 radical (unpaired) electrons. The zero-order chi connectivity index (χ0) is 15.8. The van der Waals surface area contributed by atoms with Crippen LogP contribution < -0.4 is 10.6 Å². The van der Waals surface area contributed by atoms with Crippen LogP contribution in [0.4, 0.5) is 0 Å². The summed E-state index contributed by atoms with van der Waals surface area (Å²) in [6.45, 7) is 11.7. The Balaban J connectivity index is 0.00000441. The fraction of sp³-hybridized carbons (Fsp3) is 0.667. The van der Waals surface area contributed by atoms with Crippen molar-refractivity contribution in [3.8, 4) is 0 Å². The number of hydrogen-bond acceptors (Lipinski definition) is 3. The van der Waals surface area contributed by atoms with Crippen LogP contribution in [0, 0.1) is 0 Å². The molecule has 2 N–H and O–H groups in total. The first kappa shape index (κ1) is 22.1. The Hall–Kier alpha value is 0.140. The molecule has 0 bridgehead atoms. The van der Waals surface area contributed by atoms with Gasteiger partial charge in [-0.3, -0.25) is 9.89 Å². The first-order valence-corrected chi connectivity index (χ1v) is 8.99. The van der Waals surface area contributed by atoms with Crippen LogP contribution in [0.15, 0.2) is 20.9 Å². The molecule has 0 unspecified atom stereocenters. The lowest BCUT2D eigenvalue weighted by atomic mass is 10.2. The van der Waals surface area contributed by atoms with Crippen LogP contribution in [0.25, 0.3) is 0 Å². The second kappa shape index (κ2) is 11.6. The lowest BCUT2D eigenvalue weighted by Crippen LogP contribution is -2.45. The Morgan fingerprint density at radius 1 is 1.23 bits per heavy atom. The van der Waals surface area contributed by atoms with E-state index in [4.69, 9.17) is 0 Å². The van der Waals surface area contributed by atoms with E-state index in [0.29, 0.717) is 12.1 Å². The van der Waals surface area contributed by atoms with E-state index in [2.05, 4.69) is 76.3 Å². The average Bonchev–Trinajstić information content (AvgIpc) is 2.82. The van der Waals surface area contributed by atoms with Crippen LogP contribution in [0.1, 0.15) is 32.6 Å². The minimum Gasteiger partial charge on any atom is -0.355 e. The standard InChI is InChI=1S/C15H27BrN4S.HI/c1-11(2)20(12(3)4)9-8-18-15(17-5)19-10-13-6-7-14(16)21-13;/h6-7,11-12H,8-10H2,1-5H3,(H2,17,18,19);1H. The summed E-state index contributed by atoms with van der Waals surface area (Å²) in [6.07, 6.45) is 0. The maximum Gasteiger partial charge on any atom is 0.191 e. The van der Waals surface area contributed by atoms with E-state index in [0.717, 1.165) is 29.4 Å². The molecule has 4 nitrogen and oxygen atoms in total. The molecule has 128 valence electrons. The van der Waals surface area contributed by atoms with Crippen LogP contribution in [0.3, 0.4) is 0 Å². The molecule has 0 saturated carbocycles. The number of nitrogens with one attached hydrogen (secondary N) is 2. The topological polar surface area (TPSA) is 39.7 Å². The summed E-state index contributed by atoms with van der Waals surface area (Å²) in [4.78, 5) is 8.02. The van der Waals surface area contributed by atoms with Crippen LogP contribution in [0.2, 0.25) is 0 Å². The molecule has 1 aromatic heterocycles. The highest BCUT2D eigenvalue weighted by Crippen LogP contribution is 2.21. The summed E-state index contributed by atoms with van der Waals surface area (Å²) in [5.74, 6) is 0.854. The van der Waals surface area contributed by atoms with E-state index in [1.54, 1.807) is 11.3 Å². The zero-order valence-corrected chi connectivity index (χ0v) is 18.8. The van der Waals surface area contributed by atoms with Crippen molar-refractivity contribution in [2.24, 2.45) is 4.99 Å². The monoisotopic (exact) mass is 502 g/mol. The van der Waals surface area contributed by atoms with Gasteiger partial charge in [-0.05, 0) is 55.8 Å². The van der Waals surface area contributed by atoms with Gasteiger partial charge in [-0.2, -0.15) is 0 Å². The fourth-order valence-corrected chi connectivity index (χ4v) is 3.68. The lowest BCUT2D eigenvalue weighted by Gasteiger charge is -2.30. The Labute approximate surface area is 164 Å². The Morgan fingerprint density at radius 3 is 2.32 bits per heavy atom. The average molecular weight is 503 g/mol. The van der Waals surface area contributed by atoms with Crippen molar-refractivity contribution >= 4 is 57.2 Å². The van der Waals surface area contributed by atoms with Gasteiger partial charge < -0.3 is 10.6 Å². The number of thiophene rings is 1. The number of rotatable bonds is 7. The lowest BCUT2D eigenvalue weighted by molar-refractivity contribution is 0.178. The third kappa shape index (κ3) is 8.12. The molecule has 0 atom stereocenters. The number of guanidine groups is 1. The Bertz CT molecular complexity index is 441. The van der Waals surface area contributed by atoms with E-state index in [1.807, 2.05) is 7.05 Å². The van der Waals surface area contributed by atoms with E-state index < -0.39 is 0 Å². The van der Waals surface area contributed by atoms with Gasteiger partial charge in [0.1, 0.15) is 0 Å². The van der Waals surface area contributed by atoms with Gasteiger partial charge in [-0.1, -0.05) is 0 Å². The van der Waals surface area contributed by atoms with Crippen LogP contribution >= 0.6 is 51.2 Å². The second-order valence-electron chi connectivity index (χ2n) is 5.48. The van der Waals surface area contributed by atoms with Gasteiger partial charge in [0, 0.05) is 37.1 Å². The molecule has 0 spiro atoms. The summed E-state index contributed by atoms with van der Waals surface area (Å²) in [5, 5.41) is 6.72. The minimum absolute atomic E-state index is 0. The summed E-state index contributed by atoms with van der Waals surface area (Å²) < 4.78 is 1.16. The number of nitrogens with zero attached hydrogens (tertiary/aromatic N) is 2. The quantitative estimate of drug-likeness (QED) is 0.337. The predicted octanol–water partition coefficient (Wildman–Crippen LogP) is 3.91. The van der Waals surface area contributed by atoms with Gasteiger partial charge in [0.2, 0.25) is 0 Å². The number of aliphatic imine (C=N–C) groups is 1. The van der Waals surface area contributed by atoms with Crippen molar-refractivity contribution in [1.29, 1.82) is 0 Å². The molecular formula is C15H28BrIN4S. The largest absolute Gasteiger partial charge is 0.355 e. The zero-order valence-electron chi connectivity index (χ0n) is 14.0. The molecule has 0 fully saturated rings. The molecule has 0 saturated heterocycles. The van der Waals surface area contributed by atoms with Gasteiger partial charge in [0.25, 0.3) is 0 Å². The highest BCUT2D eigenvalue weighted by molar-refractivity contribution is 14.0. The van der Waals surface area contributed by atoms with Gasteiger partial charge >= 0.3 is 0 Å². The first-order chi connectivity index (χ1) is 9.93. The van der Waals surface area contributed by atoms with Gasteiger partial charge in [0.05, 0.1) is 10.3 Å². The van der Waals surface area contributed by atoms with Crippen molar-refractivity contribution in [3.05, 3.63) is 20.8 Å². The van der Waals surface area contributed by atoms with Crippen LogP contribution in [0.5, 0.6) is 0 Å². The maximum atomic E-state index is 4.27. The second-order valence-corrected chi connectivity index (χ2v) is 8.03. The summed E-state index contributed by atoms with van der Waals surface area (Å²) >= 11 is 5.22. The molecule has 1 heterocycles. The molecule has 0 aromatic carbocycles. The van der Waals surface area contributed by atoms with Crippen LogP contribution in [-0.4, -0.2) is 43.1 Å². The molecular weight excluding hydrogens is 475 g/mol. The van der Waals surface area contributed by atoms with Crippen molar-refractivity contribution in [3.63, 3.8) is 0 Å². The molecule has 0 aliphatic rings. The predicted molar refractivity (Wildman–Crippen MR) is 113 cm³/mol. The van der Waals surface area contributed by atoms with Gasteiger partial charge in [-0.25, -0.2) is 0 Å². The minimum atomic E-state index is 0. The Morgan fingerprint density at radius 2 is 1.86 bits per heavy atom. The summed E-state index contributed by atoms with van der Waals surface area (Å²) in [6, 6.07) is 5.31. The molecule has 0 aliphatic carbocycles. The molecule has 1 rings (SSSR count). The molecule has 7 heteroatoms. The number of hydrogen-bond donors (Lipinski definition) is 2. The number of halogens is 2. The Kier molecular flexibility index (Phi) is 11.7. The molecule has 0 aliphatic heterocycles. The highest BCUT2D eigenvalue weighted by Gasteiger charge is 2.12. The van der Waals surface area contributed by atoms with Crippen molar-refractivity contribution in [2.45, 2.75) is 46.3 Å². The van der Waals surface area contributed by atoms with E-state index in [9.17, 15) is 0 Å². The van der Waals surface area contributed by atoms with Gasteiger partial charge in [-0.15, -0.1) is 35.3 Å². The van der Waals surface area contributed by atoms with Crippen molar-refractivity contribution in [1.82, 2.24) is 15.5 Å². The molecule has 1 aromatic rings. The van der Waals surface area contributed by atoms with Crippen LogP contribution in [-0.2, 0) is 6.54 Å². The van der Waals surface area contributed by atoms with Gasteiger partial charge in [0.15, 0.2) is 5.96 Å². The summed E-state index contributed by atoms with van der Waals surface area (Å²) in [5.41, 5.74) is 0. The third-order valence-electron chi connectivity index (χ3n) is 3.27. The first-order valence-electron chi connectivity index (χ1n) is 7.38. The fourth-order valence-electron chi connectivity index (χ4n) is 2.25. The highest BCUT2D eigenvalue weighted by atomic mass is 127. The smallest absolute Gasteiger partial charge is 0.191 e. The molecule has 0 amide bonds. The SMILES string of the molecule is CN=C(NCCN(C(C)C)C(C)C)NCc1ccc(Br)s1.I. The third-order valence-corrected chi connectivity index (χ3v) is 4.90. The van der Waals surface area contributed by atoms with E-state index in [-0.39, 0.29) is 24.0 Å². The molecule has 22 heavy (non-hydrogen) atoms. The normalized spacial score (nSPS) is 12.0. The van der Waals surface area contributed by atoms with E-state index in [1.165, 1.54) is 4.88 Å². The maximum absolute atomic E-state index is 4.27. The van der Waals surface area contributed by atoms with E-state index >= 15 is 0 Å². The summed E-state index contributed by atoms with van der Waals surface area (Å²) in [7, 11) is 1.81. The van der Waals surface area contributed by atoms with Crippen molar-refractivity contribution < 1.29 is 0 Å². The van der Waals surface area contributed by atoms with Crippen molar-refractivity contribution in [2.75, 3.05) is 20.1 Å².